The third-order valence-electron chi connectivity index (χ3n) is 3.02. The Kier molecular flexibility index (Phi) is 3.64. The molecule has 1 heterocycles. The summed E-state index contributed by atoms with van der Waals surface area (Å²) in [5, 5.41) is 9.51. The van der Waals surface area contributed by atoms with Gasteiger partial charge in [-0.25, -0.2) is 4.98 Å². The fourth-order valence-corrected chi connectivity index (χ4v) is 2.21. The molecule has 92 valence electrons. The number of carbonyl (C=O) groups excluding carboxylic acids is 1. The van der Waals surface area contributed by atoms with E-state index in [4.69, 9.17) is 11.6 Å². The molecule has 1 fully saturated rings. The first-order valence-electron chi connectivity index (χ1n) is 5.62. The first-order valence-corrected chi connectivity index (χ1v) is 6.00. The Hall–Kier alpha value is -1.13. The van der Waals surface area contributed by atoms with Gasteiger partial charge >= 0.3 is 0 Å². The van der Waals surface area contributed by atoms with Crippen molar-refractivity contribution in [2.45, 2.75) is 18.9 Å². The van der Waals surface area contributed by atoms with E-state index in [0.29, 0.717) is 23.3 Å². The Balaban J connectivity index is 1.95. The predicted octanol–water partition coefficient (Wildman–Crippen LogP) is 1.58. The smallest absolute Gasteiger partial charge is 0.272 e. The minimum Gasteiger partial charge on any atom is -0.393 e. The molecule has 4 nitrogen and oxygen atoms in total. The largest absolute Gasteiger partial charge is 0.393 e. The number of hydrogen-bond donors (Lipinski definition) is 1. The minimum atomic E-state index is -0.187. The van der Waals surface area contributed by atoms with Crippen LogP contribution in [-0.4, -0.2) is 40.6 Å². The number of rotatable bonds is 3. The molecule has 5 heteroatoms. The first-order chi connectivity index (χ1) is 8.06. The summed E-state index contributed by atoms with van der Waals surface area (Å²) < 4.78 is 0. The van der Waals surface area contributed by atoms with Crippen molar-refractivity contribution in [3.05, 3.63) is 29.0 Å². The zero-order valence-corrected chi connectivity index (χ0v) is 10.4. The molecular weight excluding hydrogens is 240 g/mol. The van der Waals surface area contributed by atoms with Gasteiger partial charge < -0.3 is 10.0 Å². The van der Waals surface area contributed by atoms with Crippen molar-refractivity contribution in [1.82, 2.24) is 9.88 Å². The van der Waals surface area contributed by atoms with Crippen LogP contribution in [0.25, 0.3) is 0 Å². The van der Waals surface area contributed by atoms with E-state index < -0.39 is 0 Å². The normalized spacial score (nSPS) is 23.0. The van der Waals surface area contributed by atoms with Gasteiger partial charge in [-0.05, 0) is 30.9 Å². The maximum Gasteiger partial charge on any atom is 0.272 e. The van der Waals surface area contributed by atoms with Gasteiger partial charge in [0, 0.05) is 13.6 Å². The highest BCUT2D eigenvalue weighted by Crippen LogP contribution is 2.27. The molecule has 0 atom stereocenters. The molecular formula is C12H15ClN2O2. The molecule has 1 amide bonds. The monoisotopic (exact) mass is 254 g/mol. The van der Waals surface area contributed by atoms with Crippen LogP contribution in [0.15, 0.2) is 18.2 Å². The molecule has 0 saturated heterocycles. The molecule has 1 aliphatic carbocycles. The SMILES string of the molecule is CN(CC1CC(O)C1)C(=O)c1cccc(Cl)n1. The van der Waals surface area contributed by atoms with Crippen LogP contribution < -0.4 is 0 Å². The van der Waals surface area contributed by atoms with Crippen LogP contribution in [0.5, 0.6) is 0 Å². The lowest BCUT2D eigenvalue weighted by molar-refractivity contribution is 0.0264. The summed E-state index contributed by atoms with van der Waals surface area (Å²) in [7, 11) is 1.75. The molecule has 1 saturated carbocycles. The van der Waals surface area contributed by atoms with Gasteiger partial charge in [0.2, 0.25) is 0 Å². The second kappa shape index (κ2) is 5.02. The summed E-state index contributed by atoms with van der Waals surface area (Å²) in [5.41, 5.74) is 0.361. The number of aliphatic hydroxyl groups is 1. The van der Waals surface area contributed by atoms with E-state index in [1.54, 1.807) is 30.1 Å². The summed E-state index contributed by atoms with van der Waals surface area (Å²) in [6.45, 7) is 0.657. The van der Waals surface area contributed by atoms with E-state index in [-0.39, 0.29) is 12.0 Å². The number of pyridine rings is 1. The van der Waals surface area contributed by atoms with Gasteiger partial charge in [-0.1, -0.05) is 17.7 Å². The van der Waals surface area contributed by atoms with Gasteiger partial charge in [0.25, 0.3) is 5.91 Å². The Morgan fingerprint density at radius 2 is 2.29 bits per heavy atom. The zero-order chi connectivity index (χ0) is 12.4. The van der Waals surface area contributed by atoms with E-state index in [1.807, 2.05) is 0 Å². The number of aromatic nitrogens is 1. The van der Waals surface area contributed by atoms with Crippen LogP contribution in [0.1, 0.15) is 23.3 Å². The summed E-state index contributed by atoms with van der Waals surface area (Å²) in [6, 6.07) is 5.00. The van der Waals surface area contributed by atoms with E-state index in [0.717, 1.165) is 12.8 Å². The maximum atomic E-state index is 12.0. The third kappa shape index (κ3) is 2.96. The molecule has 0 spiro atoms. The lowest BCUT2D eigenvalue weighted by Gasteiger charge is -2.34. The number of aliphatic hydroxyl groups excluding tert-OH is 1. The maximum absolute atomic E-state index is 12.0. The van der Waals surface area contributed by atoms with Crippen LogP contribution in [0.3, 0.4) is 0 Å². The van der Waals surface area contributed by atoms with Gasteiger partial charge in [-0.3, -0.25) is 4.79 Å². The molecule has 1 aromatic rings. The number of hydrogen-bond acceptors (Lipinski definition) is 3. The topological polar surface area (TPSA) is 53.4 Å². The highest BCUT2D eigenvalue weighted by Gasteiger charge is 2.29. The van der Waals surface area contributed by atoms with Gasteiger partial charge in [0.15, 0.2) is 0 Å². The van der Waals surface area contributed by atoms with Crippen LogP contribution in [0.4, 0.5) is 0 Å². The zero-order valence-electron chi connectivity index (χ0n) is 9.64. The molecule has 1 aromatic heterocycles. The highest BCUT2D eigenvalue weighted by atomic mass is 35.5. The van der Waals surface area contributed by atoms with Crippen LogP contribution in [0, 0.1) is 5.92 Å². The van der Waals surface area contributed by atoms with Crippen molar-refractivity contribution < 1.29 is 9.90 Å². The van der Waals surface area contributed by atoms with Gasteiger partial charge in [0.05, 0.1) is 6.10 Å². The average molecular weight is 255 g/mol. The minimum absolute atomic E-state index is 0.131. The Morgan fingerprint density at radius 3 is 2.88 bits per heavy atom. The lowest BCUT2D eigenvalue weighted by atomic mass is 9.82. The Labute approximate surface area is 105 Å². The molecule has 2 rings (SSSR count). The van der Waals surface area contributed by atoms with Crippen molar-refractivity contribution in [1.29, 1.82) is 0 Å². The fraction of sp³-hybridized carbons (Fsp3) is 0.500. The second-order valence-corrected chi connectivity index (χ2v) is 4.91. The average Bonchev–Trinajstić information content (AvgIpc) is 2.26. The van der Waals surface area contributed by atoms with Crippen molar-refractivity contribution in [3.63, 3.8) is 0 Å². The van der Waals surface area contributed by atoms with Gasteiger partial charge in [-0.15, -0.1) is 0 Å². The standard InChI is InChI=1S/C12H15ClN2O2/c1-15(7-8-5-9(16)6-8)12(17)10-3-2-4-11(13)14-10/h2-4,8-9,16H,5-7H2,1H3. The van der Waals surface area contributed by atoms with E-state index in [9.17, 15) is 9.90 Å². The third-order valence-corrected chi connectivity index (χ3v) is 3.23. The molecule has 1 aliphatic rings. The Bertz CT molecular complexity index is 419. The number of nitrogens with zero attached hydrogens (tertiary/aromatic N) is 2. The van der Waals surface area contributed by atoms with E-state index in [2.05, 4.69) is 4.98 Å². The number of amides is 1. The molecule has 17 heavy (non-hydrogen) atoms. The molecule has 0 aromatic carbocycles. The second-order valence-electron chi connectivity index (χ2n) is 4.52. The highest BCUT2D eigenvalue weighted by molar-refractivity contribution is 6.29. The van der Waals surface area contributed by atoms with Crippen molar-refractivity contribution in [2.75, 3.05) is 13.6 Å². The van der Waals surface area contributed by atoms with Gasteiger partial charge in [0.1, 0.15) is 10.8 Å². The number of carbonyl (C=O) groups is 1. The van der Waals surface area contributed by atoms with Gasteiger partial charge in [-0.2, -0.15) is 0 Å². The predicted molar refractivity (Wildman–Crippen MR) is 64.9 cm³/mol. The van der Waals surface area contributed by atoms with Crippen molar-refractivity contribution >= 4 is 17.5 Å². The summed E-state index contributed by atoms with van der Waals surface area (Å²) in [5.74, 6) is 0.270. The van der Waals surface area contributed by atoms with Crippen LogP contribution >= 0.6 is 11.6 Å². The molecule has 0 radical (unpaired) electrons. The summed E-state index contributed by atoms with van der Waals surface area (Å²) >= 11 is 5.74. The molecule has 1 N–H and O–H groups in total. The first kappa shape index (κ1) is 12.3. The van der Waals surface area contributed by atoms with E-state index in [1.165, 1.54) is 0 Å². The quantitative estimate of drug-likeness (QED) is 0.834. The van der Waals surface area contributed by atoms with Crippen LogP contribution in [0.2, 0.25) is 5.15 Å². The Morgan fingerprint density at radius 1 is 1.59 bits per heavy atom. The van der Waals surface area contributed by atoms with Crippen molar-refractivity contribution in [3.8, 4) is 0 Å². The molecule has 0 aliphatic heterocycles. The molecule has 0 unspecified atom stereocenters. The fourth-order valence-electron chi connectivity index (χ4n) is 2.04. The summed E-state index contributed by atoms with van der Waals surface area (Å²) in [6.07, 6.45) is 1.37. The van der Waals surface area contributed by atoms with Crippen LogP contribution in [-0.2, 0) is 0 Å². The summed E-state index contributed by atoms with van der Waals surface area (Å²) in [4.78, 5) is 17.6. The number of halogens is 1. The van der Waals surface area contributed by atoms with Crippen molar-refractivity contribution in [2.24, 2.45) is 5.92 Å². The molecule has 0 bridgehead atoms. The van der Waals surface area contributed by atoms with E-state index >= 15 is 0 Å². The lowest BCUT2D eigenvalue weighted by Crippen LogP contribution is -2.39.